The number of pyridine rings is 1. The van der Waals surface area contributed by atoms with Gasteiger partial charge in [-0.25, -0.2) is 4.98 Å². The van der Waals surface area contributed by atoms with Crippen molar-refractivity contribution >= 4 is 43.9 Å². The van der Waals surface area contributed by atoms with E-state index in [-0.39, 0.29) is 5.91 Å². The van der Waals surface area contributed by atoms with E-state index in [1.54, 1.807) is 24.4 Å². The second-order valence-corrected chi connectivity index (χ2v) is 7.52. The average Bonchev–Trinajstić information content (AvgIpc) is 3.35. The van der Waals surface area contributed by atoms with E-state index in [0.717, 1.165) is 21.5 Å². The molecule has 5 nitrogen and oxygen atoms in total. The highest BCUT2D eigenvalue weighted by atomic mass is 32.1. The first-order chi connectivity index (χ1) is 12.7. The van der Waals surface area contributed by atoms with Gasteiger partial charge in [-0.2, -0.15) is 0 Å². The van der Waals surface area contributed by atoms with E-state index in [9.17, 15) is 4.79 Å². The lowest BCUT2D eigenvalue weighted by molar-refractivity contribution is 0.0989. The molecule has 0 bridgehead atoms. The fourth-order valence-corrected chi connectivity index (χ4v) is 4.23. The van der Waals surface area contributed by atoms with Crippen molar-refractivity contribution in [1.29, 1.82) is 0 Å². The number of nitrogens with zero attached hydrogens (tertiary/aromatic N) is 3. The van der Waals surface area contributed by atoms with Crippen molar-refractivity contribution in [3.63, 3.8) is 0 Å². The van der Waals surface area contributed by atoms with Crippen LogP contribution in [-0.2, 0) is 6.54 Å². The number of anilines is 1. The summed E-state index contributed by atoms with van der Waals surface area (Å²) >= 11 is 2.91. The number of carbonyl (C=O) groups excluding carboxylic acids is 1. The molecule has 0 saturated carbocycles. The number of hydrogen-bond donors (Lipinski definition) is 0. The van der Waals surface area contributed by atoms with Crippen molar-refractivity contribution in [2.24, 2.45) is 0 Å². The molecule has 1 amide bonds. The average molecular weight is 381 g/mol. The van der Waals surface area contributed by atoms with Crippen molar-refractivity contribution in [1.82, 2.24) is 9.97 Å². The fraction of sp³-hybridized carbons (Fsp3) is 0.105. The molecular weight excluding hydrogens is 366 g/mol. The number of amides is 1. The summed E-state index contributed by atoms with van der Waals surface area (Å²) in [6, 6.07) is 13.3. The van der Waals surface area contributed by atoms with Gasteiger partial charge in [0.2, 0.25) is 0 Å². The minimum absolute atomic E-state index is 0.0603. The van der Waals surface area contributed by atoms with Gasteiger partial charge in [0.1, 0.15) is 5.75 Å². The topological polar surface area (TPSA) is 55.3 Å². The van der Waals surface area contributed by atoms with Crippen LogP contribution < -0.4 is 9.64 Å². The monoisotopic (exact) mass is 381 g/mol. The van der Waals surface area contributed by atoms with E-state index in [0.29, 0.717) is 16.6 Å². The number of hydrogen-bond acceptors (Lipinski definition) is 6. The van der Waals surface area contributed by atoms with Crippen molar-refractivity contribution in [2.75, 3.05) is 12.0 Å². The third-order valence-corrected chi connectivity index (χ3v) is 5.75. The van der Waals surface area contributed by atoms with E-state index in [4.69, 9.17) is 4.74 Å². The standard InChI is InChI=1S/C19H15N3O2S2/c1-24-14-6-7-15-17(10-14)26-19(21-15)22(12-13-4-2-8-20-11-13)18(23)16-5-3-9-25-16/h2-11H,12H2,1H3. The van der Waals surface area contributed by atoms with Crippen LogP contribution in [-0.4, -0.2) is 23.0 Å². The first kappa shape index (κ1) is 16.7. The Kier molecular flexibility index (Phi) is 4.64. The molecular formula is C19H15N3O2S2. The Bertz CT molecular complexity index is 1030. The maximum Gasteiger partial charge on any atom is 0.270 e. The SMILES string of the molecule is COc1ccc2nc(N(Cc3cccnc3)C(=O)c3cccs3)sc2c1. The molecule has 7 heteroatoms. The lowest BCUT2D eigenvalue weighted by atomic mass is 10.2. The first-order valence-electron chi connectivity index (χ1n) is 7.93. The summed E-state index contributed by atoms with van der Waals surface area (Å²) in [6.07, 6.45) is 3.49. The Balaban J connectivity index is 1.75. The number of thiophene rings is 1. The number of carbonyl (C=O) groups is 1. The second kappa shape index (κ2) is 7.23. The number of thiazole rings is 1. The summed E-state index contributed by atoms with van der Waals surface area (Å²) in [7, 11) is 1.64. The first-order valence-corrected chi connectivity index (χ1v) is 9.63. The largest absolute Gasteiger partial charge is 0.497 e. The summed E-state index contributed by atoms with van der Waals surface area (Å²) in [4.78, 5) is 24.3. The van der Waals surface area contributed by atoms with Crippen molar-refractivity contribution in [3.8, 4) is 5.75 Å². The van der Waals surface area contributed by atoms with E-state index in [1.807, 2.05) is 47.8 Å². The third-order valence-electron chi connectivity index (χ3n) is 3.86. The molecule has 4 aromatic rings. The molecule has 0 unspecified atom stereocenters. The van der Waals surface area contributed by atoms with Crippen LogP contribution in [0.2, 0.25) is 0 Å². The van der Waals surface area contributed by atoms with Crippen LogP contribution in [0.4, 0.5) is 5.13 Å². The summed E-state index contributed by atoms with van der Waals surface area (Å²) in [5.74, 6) is 0.714. The van der Waals surface area contributed by atoms with Gasteiger partial charge in [0.25, 0.3) is 5.91 Å². The lowest BCUT2D eigenvalue weighted by Crippen LogP contribution is -2.29. The van der Waals surface area contributed by atoms with E-state index in [1.165, 1.54) is 22.7 Å². The zero-order valence-electron chi connectivity index (χ0n) is 14.0. The summed E-state index contributed by atoms with van der Waals surface area (Å²) in [5.41, 5.74) is 1.80. The number of ether oxygens (including phenoxy) is 1. The molecule has 0 fully saturated rings. The highest BCUT2D eigenvalue weighted by Crippen LogP contribution is 2.33. The van der Waals surface area contributed by atoms with E-state index >= 15 is 0 Å². The van der Waals surface area contributed by atoms with E-state index in [2.05, 4.69) is 9.97 Å². The van der Waals surface area contributed by atoms with Gasteiger partial charge in [-0.1, -0.05) is 23.5 Å². The molecule has 0 radical (unpaired) electrons. The molecule has 0 aliphatic heterocycles. The number of aromatic nitrogens is 2. The quantitative estimate of drug-likeness (QED) is 0.507. The predicted molar refractivity (Wildman–Crippen MR) is 105 cm³/mol. The third kappa shape index (κ3) is 3.31. The smallest absolute Gasteiger partial charge is 0.270 e. The molecule has 26 heavy (non-hydrogen) atoms. The fourth-order valence-electron chi connectivity index (χ4n) is 2.57. The Labute approximate surface area is 158 Å². The molecule has 1 aromatic carbocycles. The maximum atomic E-state index is 13.1. The van der Waals surface area contributed by atoms with Crippen LogP contribution in [0.15, 0.2) is 60.2 Å². The number of fused-ring (bicyclic) bond motifs is 1. The Morgan fingerprint density at radius 1 is 1.23 bits per heavy atom. The summed E-state index contributed by atoms with van der Waals surface area (Å²) < 4.78 is 6.27. The van der Waals surface area contributed by atoms with Crippen LogP contribution in [0.3, 0.4) is 0 Å². The zero-order valence-corrected chi connectivity index (χ0v) is 15.6. The highest BCUT2D eigenvalue weighted by Gasteiger charge is 2.22. The molecule has 0 saturated heterocycles. The number of rotatable bonds is 5. The van der Waals surface area contributed by atoms with Crippen LogP contribution in [0.1, 0.15) is 15.2 Å². The second-order valence-electron chi connectivity index (χ2n) is 5.56. The normalized spacial score (nSPS) is 10.8. The lowest BCUT2D eigenvalue weighted by Gasteiger charge is -2.19. The molecule has 130 valence electrons. The predicted octanol–water partition coefficient (Wildman–Crippen LogP) is 4.61. The van der Waals surface area contributed by atoms with Gasteiger partial charge in [0.15, 0.2) is 5.13 Å². The summed E-state index contributed by atoms with van der Waals surface area (Å²) in [6.45, 7) is 0.418. The van der Waals surface area contributed by atoms with Crippen LogP contribution in [0.5, 0.6) is 5.75 Å². The van der Waals surface area contributed by atoms with Gasteiger partial charge in [-0.05, 0) is 41.3 Å². The molecule has 0 aliphatic carbocycles. The molecule has 0 N–H and O–H groups in total. The van der Waals surface area contributed by atoms with Gasteiger partial charge >= 0.3 is 0 Å². The van der Waals surface area contributed by atoms with Crippen LogP contribution in [0.25, 0.3) is 10.2 Å². The summed E-state index contributed by atoms with van der Waals surface area (Å²) in [5, 5.41) is 2.56. The maximum absolute atomic E-state index is 13.1. The Hall–Kier alpha value is -2.77. The molecule has 0 spiro atoms. The molecule has 0 atom stereocenters. The minimum Gasteiger partial charge on any atom is -0.497 e. The van der Waals surface area contributed by atoms with Crippen molar-refractivity contribution in [2.45, 2.75) is 6.54 Å². The molecule has 3 heterocycles. The van der Waals surface area contributed by atoms with Gasteiger partial charge in [0.05, 0.1) is 28.7 Å². The van der Waals surface area contributed by atoms with Gasteiger partial charge < -0.3 is 4.74 Å². The Morgan fingerprint density at radius 2 is 2.15 bits per heavy atom. The number of methoxy groups -OCH3 is 1. The van der Waals surface area contributed by atoms with E-state index < -0.39 is 0 Å². The highest BCUT2D eigenvalue weighted by molar-refractivity contribution is 7.22. The minimum atomic E-state index is -0.0603. The van der Waals surface area contributed by atoms with Gasteiger partial charge in [-0.15, -0.1) is 11.3 Å². The number of benzene rings is 1. The van der Waals surface area contributed by atoms with Crippen LogP contribution >= 0.6 is 22.7 Å². The van der Waals surface area contributed by atoms with Gasteiger partial charge in [-0.3, -0.25) is 14.7 Å². The van der Waals surface area contributed by atoms with Crippen molar-refractivity contribution < 1.29 is 9.53 Å². The molecule has 0 aliphatic rings. The van der Waals surface area contributed by atoms with Gasteiger partial charge in [0, 0.05) is 12.4 Å². The van der Waals surface area contributed by atoms with Crippen LogP contribution in [0, 0.1) is 0 Å². The molecule has 3 aromatic heterocycles. The zero-order chi connectivity index (χ0) is 17.9. The molecule has 4 rings (SSSR count). The Morgan fingerprint density at radius 3 is 2.88 bits per heavy atom. The van der Waals surface area contributed by atoms with Crippen molar-refractivity contribution in [3.05, 3.63) is 70.7 Å².